The van der Waals surface area contributed by atoms with Gasteiger partial charge in [0, 0.05) is 34.7 Å². The zero-order valence-corrected chi connectivity index (χ0v) is 18.6. The molecule has 0 saturated heterocycles. The second kappa shape index (κ2) is 9.04. The minimum atomic E-state index is -2.49. The van der Waals surface area contributed by atoms with E-state index in [0.29, 0.717) is 33.1 Å². The van der Waals surface area contributed by atoms with Gasteiger partial charge in [0.05, 0.1) is 24.8 Å². The highest BCUT2D eigenvalue weighted by atomic mass is 35.5. The first kappa shape index (κ1) is 21.9. The molecule has 1 aromatic heterocycles. The maximum atomic E-state index is 13.1. The first-order valence-corrected chi connectivity index (χ1v) is 10.8. The Morgan fingerprint density at radius 3 is 2.44 bits per heavy atom. The Bertz CT molecular complexity index is 1400. The number of benzene rings is 3. The second-order valence-corrected chi connectivity index (χ2v) is 7.81. The molecule has 32 heavy (non-hydrogen) atoms. The molecule has 4 aromatic rings. The third kappa shape index (κ3) is 4.08. The number of hydrogen-bond donors (Lipinski definition) is 1. The van der Waals surface area contributed by atoms with Gasteiger partial charge in [-0.2, -0.15) is 0 Å². The van der Waals surface area contributed by atoms with E-state index in [2.05, 4.69) is 4.72 Å². The fraction of sp³-hybridized carbons (Fsp3) is 0.0870. The molecular formula is C23H17ClNO6S-. The SMILES string of the molecule is COc1cc(OC)c2c(=O)cc(-c3ccccc3Cl)oc2c1-c1cccc(NS(=O)[O-])c1. The van der Waals surface area contributed by atoms with Gasteiger partial charge in [-0.1, -0.05) is 35.9 Å². The predicted molar refractivity (Wildman–Crippen MR) is 124 cm³/mol. The maximum Gasteiger partial charge on any atom is 0.197 e. The van der Waals surface area contributed by atoms with Crippen molar-refractivity contribution in [1.29, 1.82) is 0 Å². The number of nitrogens with one attached hydrogen (secondary N) is 1. The highest BCUT2D eigenvalue weighted by Gasteiger charge is 2.22. The van der Waals surface area contributed by atoms with Gasteiger partial charge in [0.15, 0.2) is 11.0 Å². The van der Waals surface area contributed by atoms with Crippen LogP contribution in [0.25, 0.3) is 33.4 Å². The van der Waals surface area contributed by atoms with Gasteiger partial charge in [-0.05, 0) is 29.8 Å². The fourth-order valence-electron chi connectivity index (χ4n) is 3.50. The van der Waals surface area contributed by atoms with Gasteiger partial charge in [-0.25, -0.2) is 0 Å². The zero-order chi connectivity index (χ0) is 22.8. The third-order valence-corrected chi connectivity index (χ3v) is 5.59. The summed E-state index contributed by atoms with van der Waals surface area (Å²) in [5, 5.41) is 0.653. The van der Waals surface area contributed by atoms with Crippen molar-refractivity contribution < 1.29 is 22.7 Å². The van der Waals surface area contributed by atoms with Crippen molar-refractivity contribution in [2.75, 3.05) is 18.9 Å². The highest BCUT2D eigenvalue weighted by molar-refractivity contribution is 7.80. The van der Waals surface area contributed by atoms with Crippen LogP contribution in [0.15, 0.2) is 69.9 Å². The van der Waals surface area contributed by atoms with Crippen molar-refractivity contribution in [2.45, 2.75) is 0 Å². The Balaban J connectivity index is 2.09. The normalized spacial score (nSPS) is 11.9. The van der Waals surface area contributed by atoms with Crippen molar-refractivity contribution in [3.8, 4) is 33.9 Å². The van der Waals surface area contributed by atoms with Gasteiger partial charge in [-0.3, -0.25) is 9.00 Å². The van der Waals surface area contributed by atoms with Crippen LogP contribution in [0, 0.1) is 0 Å². The van der Waals surface area contributed by atoms with Crippen molar-refractivity contribution in [1.82, 2.24) is 0 Å². The molecular weight excluding hydrogens is 454 g/mol. The molecule has 1 atom stereocenters. The molecule has 0 amide bonds. The van der Waals surface area contributed by atoms with Gasteiger partial charge < -0.3 is 23.2 Å². The van der Waals surface area contributed by atoms with Crippen LogP contribution in [0.4, 0.5) is 5.69 Å². The van der Waals surface area contributed by atoms with E-state index in [4.69, 9.17) is 25.5 Å². The lowest BCUT2D eigenvalue weighted by Gasteiger charge is -2.16. The summed E-state index contributed by atoms with van der Waals surface area (Å²) in [6.45, 7) is 0. The molecule has 1 N–H and O–H groups in total. The summed E-state index contributed by atoms with van der Waals surface area (Å²) in [6.07, 6.45) is 0. The average Bonchev–Trinajstić information content (AvgIpc) is 2.77. The summed E-state index contributed by atoms with van der Waals surface area (Å²) in [7, 11) is 2.93. The van der Waals surface area contributed by atoms with E-state index in [1.165, 1.54) is 20.3 Å². The van der Waals surface area contributed by atoms with Crippen LogP contribution >= 0.6 is 11.6 Å². The molecule has 3 aromatic carbocycles. The molecule has 0 bridgehead atoms. The van der Waals surface area contributed by atoms with Gasteiger partial charge in [-0.15, -0.1) is 0 Å². The quantitative estimate of drug-likeness (QED) is 0.398. The summed E-state index contributed by atoms with van der Waals surface area (Å²) in [4.78, 5) is 13.1. The molecule has 0 aliphatic heterocycles. The van der Waals surface area contributed by atoms with Gasteiger partial charge >= 0.3 is 0 Å². The molecule has 0 aliphatic rings. The van der Waals surface area contributed by atoms with Crippen LogP contribution in [0.1, 0.15) is 0 Å². The summed E-state index contributed by atoms with van der Waals surface area (Å²) < 4.78 is 41.7. The first-order chi connectivity index (χ1) is 15.4. The van der Waals surface area contributed by atoms with Gasteiger partial charge in [0.2, 0.25) is 0 Å². The summed E-state index contributed by atoms with van der Waals surface area (Å²) in [5.41, 5.74) is 1.84. The van der Waals surface area contributed by atoms with Crippen LogP contribution in [0.2, 0.25) is 5.02 Å². The number of methoxy groups -OCH3 is 2. The molecule has 164 valence electrons. The van der Waals surface area contributed by atoms with E-state index >= 15 is 0 Å². The summed E-state index contributed by atoms with van der Waals surface area (Å²) >= 11 is 3.83. The number of halogens is 1. The van der Waals surface area contributed by atoms with Crippen molar-refractivity contribution in [3.05, 3.63) is 75.9 Å². The predicted octanol–water partition coefficient (Wildman–Crippen LogP) is 5.00. The lowest BCUT2D eigenvalue weighted by molar-refractivity contribution is 0.397. The van der Waals surface area contributed by atoms with E-state index in [1.54, 1.807) is 54.6 Å². The first-order valence-electron chi connectivity index (χ1n) is 9.37. The summed E-state index contributed by atoms with van der Waals surface area (Å²) in [6, 6.07) is 16.6. The monoisotopic (exact) mass is 470 g/mol. The van der Waals surface area contributed by atoms with E-state index in [1.807, 2.05) is 0 Å². The van der Waals surface area contributed by atoms with Gasteiger partial charge in [0.25, 0.3) is 0 Å². The molecule has 0 fully saturated rings. The van der Waals surface area contributed by atoms with Crippen LogP contribution in [-0.2, 0) is 11.3 Å². The van der Waals surface area contributed by atoms with Crippen LogP contribution in [-0.4, -0.2) is 23.0 Å². The number of ether oxygens (including phenoxy) is 2. The number of hydrogen-bond acceptors (Lipinski definition) is 6. The Hall–Kier alpha value is -3.33. The molecule has 0 radical (unpaired) electrons. The number of rotatable bonds is 6. The topological polar surface area (TPSA) is 101 Å². The van der Waals surface area contributed by atoms with E-state index in [-0.39, 0.29) is 27.9 Å². The van der Waals surface area contributed by atoms with E-state index in [9.17, 15) is 13.6 Å². The molecule has 1 unspecified atom stereocenters. The number of fused-ring (bicyclic) bond motifs is 1. The van der Waals surface area contributed by atoms with Crippen LogP contribution < -0.4 is 19.6 Å². The average molecular weight is 471 g/mol. The van der Waals surface area contributed by atoms with Crippen molar-refractivity contribution in [2.24, 2.45) is 0 Å². The van der Waals surface area contributed by atoms with E-state index < -0.39 is 11.3 Å². The molecule has 0 spiro atoms. The standard InChI is InChI=1S/C23H18ClNO6S/c1-29-19-12-20(30-2)22-17(26)11-18(15-8-3-4-9-16(15)24)31-23(22)21(19)13-6-5-7-14(10-13)25-32(27)28/h3-12,25H,1-2H3,(H,27,28)/p-1. The Morgan fingerprint density at radius 1 is 1.00 bits per heavy atom. The molecule has 0 saturated carbocycles. The third-order valence-electron chi connectivity index (χ3n) is 4.86. The molecule has 9 heteroatoms. The van der Waals surface area contributed by atoms with Gasteiger partial charge in [0.1, 0.15) is 22.6 Å². The Labute approximate surface area is 191 Å². The minimum absolute atomic E-state index is 0.226. The lowest BCUT2D eigenvalue weighted by atomic mass is 9.99. The fourth-order valence-corrected chi connectivity index (χ4v) is 4.05. The molecule has 0 aliphatic carbocycles. The van der Waals surface area contributed by atoms with Crippen LogP contribution in [0.3, 0.4) is 0 Å². The zero-order valence-electron chi connectivity index (χ0n) is 17.0. The summed E-state index contributed by atoms with van der Waals surface area (Å²) in [5.74, 6) is 0.948. The molecule has 4 rings (SSSR count). The second-order valence-electron chi connectivity index (χ2n) is 6.73. The smallest absolute Gasteiger partial charge is 0.197 e. The van der Waals surface area contributed by atoms with Crippen molar-refractivity contribution in [3.63, 3.8) is 0 Å². The lowest BCUT2D eigenvalue weighted by Crippen LogP contribution is -2.05. The van der Waals surface area contributed by atoms with E-state index in [0.717, 1.165) is 0 Å². The highest BCUT2D eigenvalue weighted by Crippen LogP contribution is 2.43. The molecule has 1 heterocycles. The maximum absolute atomic E-state index is 13.1. The molecule has 7 nitrogen and oxygen atoms in total. The minimum Gasteiger partial charge on any atom is -0.755 e. The Morgan fingerprint density at radius 2 is 1.75 bits per heavy atom. The number of anilines is 1. The van der Waals surface area contributed by atoms with Crippen molar-refractivity contribution >= 4 is 39.5 Å². The largest absolute Gasteiger partial charge is 0.755 e. The Kier molecular flexibility index (Phi) is 6.18. The van der Waals surface area contributed by atoms with Crippen LogP contribution in [0.5, 0.6) is 11.5 Å².